The van der Waals surface area contributed by atoms with E-state index in [0.717, 1.165) is 25.7 Å². The number of halogens is 1. The first-order valence-electron chi connectivity index (χ1n) is 13.2. The molecule has 9 nitrogen and oxygen atoms in total. The largest absolute Gasteiger partial charge is 0.383 e. The maximum absolute atomic E-state index is 15.0. The topological polar surface area (TPSA) is 128 Å². The number of rotatable bonds is 12. The zero-order valence-corrected chi connectivity index (χ0v) is 23.0. The van der Waals surface area contributed by atoms with Gasteiger partial charge in [0.25, 0.3) is 0 Å². The first-order valence-corrected chi connectivity index (χ1v) is 13.2. The van der Waals surface area contributed by atoms with Crippen LogP contribution in [0.4, 0.5) is 4.39 Å². The molecule has 1 saturated carbocycles. The lowest BCUT2D eigenvalue weighted by molar-refractivity contribution is -0.146. The zero-order chi connectivity index (χ0) is 27.6. The molecule has 5 atom stereocenters. The molecule has 1 aliphatic carbocycles. The van der Waals surface area contributed by atoms with Crippen LogP contribution in [0.5, 0.6) is 0 Å². The van der Waals surface area contributed by atoms with Crippen molar-refractivity contribution in [3.05, 3.63) is 0 Å². The molecule has 10 heteroatoms. The van der Waals surface area contributed by atoms with Crippen LogP contribution in [0, 0.1) is 11.3 Å². The van der Waals surface area contributed by atoms with Crippen molar-refractivity contribution in [1.29, 1.82) is 0 Å². The molecule has 4 N–H and O–H groups in total. The summed E-state index contributed by atoms with van der Waals surface area (Å²) in [5.74, 6) is -2.51. The summed E-state index contributed by atoms with van der Waals surface area (Å²) in [6.45, 7) is 11.8. The zero-order valence-electron chi connectivity index (χ0n) is 23.0. The van der Waals surface area contributed by atoms with Gasteiger partial charge in [-0.25, -0.2) is 4.39 Å². The second kappa shape index (κ2) is 14.5. The Balaban J connectivity index is 3.07. The number of alkyl halides is 1. The van der Waals surface area contributed by atoms with Crippen LogP contribution in [0.25, 0.3) is 0 Å². The number of carbonyl (C=O) groups excluding carboxylic acids is 4. The monoisotopic (exact) mass is 514 g/mol. The van der Waals surface area contributed by atoms with E-state index in [1.54, 1.807) is 34.6 Å². The van der Waals surface area contributed by atoms with E-state index >= 15 is 0 Å². The van der Waals surface area contributed by atoms with Crippen LogP contribution in [0.15, 0.2) is 0 Å². The Kier molecular flexibility index (Phi) is 12.8. The third-order valence-electron chi connectivity index (χ3n) is 6.52. The van der Waals surface area contributed by atoms with Gasteiger partial charge in [0.15, 0.2) is 0 Å². The van der Waals surface area contributed by atoms with Gasteiger partial charge in [-0.1, -0.05) is 60.8 Å². The van der Waals surface area contributed by atoms with Gasteiger partial charge in [0.1, 0.15) is 18.3 Å². The summed E-state index contributed by atoms with van der Waals surface area (Å²) in [5, 5.41) is 17.8. The summed E-state index contributed by atoms with van der Waals surface area (Å²) in [7, 11) is 0. The minimum Gasteiger partial charge on any atom is -0.383 e. The lowest BCUT2D eigenvalue weighted by Gasteiger charge is -2.41. The molecule has 1 aliphatic rings. The first-order chi connectivity index (χ1) is 16.7. The molecule has 0 aromatic heterocycles. The Morgan fingerprint density at radius 3 is 2.17 bits per heavy atom. The van der Waals surface area contributed by atoms with Crippen LogP contribution >= 0.6 is 0 Å². The highest BCUT2D eigenvalue weighted by Crippen LogP contribution is 2.29. The summed E-state index contributed by atoms with van der Waals surface area (Å²) in [4.78, 5) is 52.6. The van der Waals surface area contributed by atoms with Crippen LogP contribution in [0.3, 0.4) is 0 Å². The van der Waals surface area contributed by atoms with Crippen molar-refractivity contribution in [2.45, 2.75) is 117 Å². The van der Waals surface area contributed by atoms with Crippen molar-refractivity contribution in [3.63, 3.8) is 0 Å². The molecule has 4 amide bonds. The molecule has 0 aromatic carbocycles. The number of amides is 4. The molecule has 0 saturated heterocycles. The molecule has 1 fully saturated rings. The minimum absolute atomic E-state index is 0.0742. The summed E-state index contributed by atoms with van der Waals surface area (Å²) in [6, 6.07) is -1.87. The van der Waals surface area contributed by atoms with Gasteiger partial charge in [0, 0.05) is 6.04 Å². The van der Waals surface area contributed by atoms with Gasteiger partial charge in [0.05, 0.1) is 19.1 Å². The number of nitrogens with zero attached hydrogens (tertiary/aromatic N) is 1. The van der Waals surface area contributed by atoms with Gasteiger partial charge < -0.3 is 26.0 Å². The van der Waals surface area contributed by atoms with Crippen LogP contribution in [-0.2, 0) is 19.2 Å². The summed E-state index contributed by atoms with van der Waals surface area (Å²) < 4.78 is 15.0. The number of nitrogens with one attached hydrogen (secondary N) is 3. The van der Waals surface area contributed by atoms with Crippen molar-refractivity contribution in [2.75, 3.05) is 13.1 Å². The second-order valence-electron chi connectivity index (χ2n) is 11.4. The molecule has 36 heavy (non-hydrogen) atoms. The fourth-order valence-electron chi connectivity index (χ4n) is 4.36. The molecule has 1 rings (SSSR count). The second-order valence-corrected chi connectivity index (χ2v) is 11.4. The van der Waals surface area contributed by atoms with E-state index in [-0.39, 0.29) is 24.4 Å². The highest BCUT2D eigenvalue weighted by atomic mass is 19.1. The quantitative estimate of drug-likeness (QED) is 0.317. The number of aliphatic hydroxyl groups is 1. The SMILES string of the molecule is CCC[C@@H](C)NC(=O)CN(C(=O)C(NC(=O)CNC(=O)C(O)C(C)C)C(C)(C)C)C1CCCCC1F. The van der Waals surface area contributed by atoms with E-state index in [0.29, 0.717) is 12.8 Å². The van der Waals surface area contributed by atoms with Gasteiger partial charge in [-0.3, -0.25) is 19.2 Å². The van der Waals surface area contributed by atoms with Crippen molar-refractivity contribution in [3.8, 4) is 0 Å². The average molecular weight is 515 g/mol. The third kappa shape index (κ3) is 10.0. The lowest BCUT2D eigenvalue weighted by atomic mass is 9.84. The van der Waals surface area contributed by atoms with Gasteiger partial charge >= 0.3 is 0 Å². The van der Waals surface area contributed by atoms with E-state index in [1.165, 1.54) is 4.90 Å². The van der Waals surface area contributed by atoms with E-state index in [1.807, 2.05) is 13.8 Å². The third-order valence-corrected chi connectivity index (χ3v) is 6.52. The van der Waals surface area contributed by atoms with Crippen molar-refractivity contribution < 1.29 is 28.7 Å². The average Bonchev–Trinajstić information content (AvgIpc) is 2.78. The summed E-state index contributed by atoms with van der Waals surface area (Å²) in [5.41, 5.74) is -0.751. The highest BCUT2D eigenvalue weighted by molar-refractivity contribution is 5.93. The number of carbonyl (C=O) groups is 4. The molecular weight excluding hydrogens is 467 g/mol. The molecule has 0 bridgehead atoms. The van der Waals surface area contributed by atoms with Crippen LogP contribution in [-0.4, -0.2) is 77.1 Å². The van der Waals surface area contributed by atoms with E-state index < -0.39 is 54.0 Å². The maximum Gasteiger partial charge on any atom is 0.249 e. The number of aliphatic hydroxyl groups excluding tert-OH is 1. The molecule has 0 radical (unpaired) electrons. The summed E-state index contributed by atoms with van der Waals surface area (Å²) in [6.07, 6.45) is 1.40. The predicted octanol–water partition coefficient (Wildman–Crippen LogP) is 2.06. The molecule has 4 unspecified atom stereocenters. The van der Waals surface area contributed by atoms with Gasteiger partial charge in [-0.05, 0) is 37.5 Å². The van der Waals surface area contributed by atoms with Crippen LogP contribution < -0.4 is 16.0 Å². The van der Waals surface area contributed by atoms with Crippen LogP contribution in [0.1, 0.15) is 87.0 Å². The Morgan fingerprint density at radius 1 is 1.03 bits per heavy atom. The van der Waals surface area contributed by atoms with E-state index in [2.05, 4.69) is 16.0 Å². The molecule has 208 valence electrons. The standard InChI is InChI=1S/C26H47FN4O5/c1-8-11-17(4)29-21(33)15-31(19-13-10-9-12-18(19)27)25(36)23(26(5,6)7)30-20(32)14-28-24(35)22(34)16(2)3/h16-19,22-23,34H,8-15H2,1-7H3,(H,28,35)(H,29,33)(H,30,32)/t17-,18?,19?,22?,23?/m1/s1. The lowest BCUT2D eigenvalue weighted by Crippen LogP contribution is -2.61. The van der Waals surface area contributed by atoms with Gasteiger partial charge in [-0.15, -0.1) is 0 Å². The van der Waals surface area contributed by atoms with Crippen molar-refractivity contribution in [1.82, 2.24) is 20.9 Å². The van der Waals surface area contributed by atoms with Crippen molar-refractivity contribution >= 4 is 23.6 Å². The normalized spacial score (nSPS) is 20.7. The van der Waals surface area contributed by atoms with Gasteiger partial charge in [-0.2, -0.15) is 0 Å². The fourth-order valence-corrected chi connectivity index (χ4v) is 4.36. The Labute approximate surface area is 215 Å². The Bertz CT molecular complexity index is 755. The number of hydrogen-bond acceptors (Lipinski definition) is 5. The maximum atomic E-state index is 15.0. The molecule has 0 heterocycles. The smallest absolute Gasteiger partial charge is 0.249 e. The molecule has 0 aromatic rings. The molecular formula is C26H47FN4O5. The minimum atomic E-state index is -1.25. The van der Waals surface area contributed by atoms with Crippen LogP contribution in [0.2, 0.25) is 0 Å². The first kappa shape index (κ1) is 31.8. The van der Waals surface area contributed by atoms with E-state index in [4.69, 9.17) is 0 Å². The van der Waals surface area contributed by atoms with E-state index in [9.17, 15) is 28.7 Å². The fraction of sp³-hybridized carbons (Fsp3) is 0.846. The summed E-state index contributed by atoms with van der Waals surface area (Å²) >= 11 is 0. The van der Waals surface area contributed by atoms with Gasteiger partial charge in [0.2, 0.25) is 23.6 Å². The highest BCUT2D eigenvalue weighted by Gasteiger charge is 2.41. The Morgan fingerprint density at radius 2 is 1.64 bits per heavy atom. The number of hydrogen-bond donors (Lipinski definition) is 4. The molecule has 0 aliphatic heterocycles. The Hall–Kier alpha value is -2.23. The molecule has 0 spiro atoms. The predicted molar refractivity (Wildman–Crippen MR) is 137 cm³/mol. The van der Waals surface area contributed by atoms with Crippen molar-refractivity contribution in [2.24, 2.45) is 11.3 Å².